The van der Waals surface area contributed by atoms with Crippen LogP contribution in [0.2, 0.25) is 0 Å². The molecule has 1 atom stereocenters. The highest BCUT2D eigenvalue weighted by molar-refractivity contribution is 7.98. The van der Waals surface area contributed by atoms with Crippen LogP contribution >= 0.6 is 23.1 Å². The number of hydrogen-bond acceptors (Lipinski definition) is 5. The number of nitrogens with one attached hydrogen (secondary N) is 1. The lowest BCUT2D eigenvalue weighted by Crippen LogP contribution is -2.25. The molecule has 0 saturated carbocycles. The fourth-order valence-electron chi connectivity index (χ4n) is 2.37. The Morgan fingerprint density at radius 3 is 2.92 bits per heavy atom. The van der Waals surface area contributed by atoms with E-state index >= 15 is 0 Å². The van der Waals surface area contributed by atoms with Crippen molar-refractivity contribution in [3.63, 3.8) is 0 Å². The van der Waals surface area contributed by atoms with Crippen molar-refractivity contribution in [2.75, 3.05) is 17.3 Å². The fraction of sp³-hybridized carbons (Fsp3) is 0.235. The van der Waals surface area contributed by atoms with Gasteiger partial charge >= 0.3 is 0 Å². The summed E-state index contributed by atoms with van der Waals surface area (Å²) in [5.41, 5.74) is 1.77. The highest BCUT2D eigenvalue weighted by Gasteiger charge is 2.20. The van der Waals surface area contributed by atoms with Gasteiger partial charge in [0.2, 0.25) is 5.91 Å². The van der Waals surface area contributed by atoms with Gasteiger partial charge in [-0.3, -0.25) is 9.78 Å². The molecule has 0 unspecified atom stereocenters. The minimum atomic E-state index is -0.224. The number of rotatable bonds is 7. The van der Waals surface area contributed by atoms with Crippen LogP contribution in [0.25, 0.3) is 11.3 Å². The molecule has 0 aliphatic carbocycles. The molecule has 5 nitrogen and oxygen atoms in total. The molecule has 0 spiro atoms. The normalized spacial score (nSPS) is 12.0. The zero-order valence-electron chi connectivity index (χ0n) is 13.3. The maximum Gasteiger partial charge on any atom is 0.249 e. The molecule has 1 N–H and O–H groups in total. The number of carbonyl (C=O) groups is 1. The van der Waals surface area contributed by atoms with Gasteiger partial charge in [-0.05, 0) is 42.7 Å². The smallest absolute Gasteiger partial charge is 0.249 e. The zero-order valence-corrected chi connectivity index (χ0v) is 14.9. The van der Waals surface area contributed by atoms with Crippen molar-refractivity contribution in [1.82, 2.24) is 14.5 Å². The number of hydrogen-bond donors (Lipinski definition) is 1. The number of thiazole rings is 1. The summed E-state index contributed by atoms with van der Waals surface area (Å²) in [6, 6.07) is 7.47. The molecular formula is C17H18N4OS2. The van der Waals surface area contributed by atoms with Crippen LogP contribution in [0.3, 0.4) is 0 Å². The first-order valence-corrected chi connectivity index (χ1v) is 9.83. The third-order valence-corrected chi connectivity index (χ3v) is 4.98. The molecule has 3 rings (SSSR count). The van der Waals surface area contributed by atoms with Crippen molar-refractivity contribution in [2.24, 2.45) is 0 Å². The molecule has 0 saturated heterocycles. The van der Waals surface area contributed by atoms with E-state index in [1.165, 1.54) is 11.3 Å². The zero-order chi connectivity index (χ0) is 16.8. The van der Waals surface area contributed by atoms with Crippen LogP contribution in [-0.2, 0) is 4.79 Å². The molecular weight excluding hydrogens is 340 g/mol. The van der Waals surface area contributed by atoms with Crippen molar-refractivity contribution < 1.29 is 4.79 Å². The molecule has 3 heterocycles. The maximum absolute atomic E-state index is 12.7. The SMILES string of the molecule is CSCC[C@H](C(=O)Nc1nc(-c2cccnc2)cs1)n1cccc1. The summed E-state index contributed by atoms with van der Waals surface area (Å²) in [5.74, 6) is 0.891. The Bertz CT molecular complexity index is 771. The summed E-state index contributed by atoms with van der Waals surface area (Å²) >= 11 is 3.16. The molecule has 0 aliphatic rings. The van der Waals surface area contributed by atoms with Gasteiger partial charge in [0.1, 0.15) is 6.04 Å². The Kier molecular flexibility index (Phi) is 5.66. The van der Waals surface area contributed by atoms with Gasteiger partial charge in [0.15, 0.2) is 5.13 Å². The van der Waals surface area contributed by atoms with E-state index in [0.29, 0.717) is 5.13 Å². The van der Waals surface area contributed by atoms with E-state index in [1.807, 2.05) is 52.9 Å². The number of aromatic nitrogens is 3. The van der Waals surface area contributed by atoms with Crippen molar-refractivity contribution in [2.45, 2.75) is 12.5 Å². The number of carbonyl (C=O) groups excluding carboxylic acids is 1. The third kappa shape index (κ3) is 4.04. The second kappa shape index (κ2) is 8.12. The van der Waals surface area contributed by atoms with Gasteiger partial charge in [0.05, 0.1) is 5.69 Å². The van der Waals surface area contributed by atoms with Gasteiger partial charge in [0.25, 0.3) is 0 Å². The molecule has 0 radical (unpaired) electrons. The topological polar surface area (TPSA) is 59.8 Å². The lowest BCUT2D eigenvalue weighted by molar-refractivity contribution is -0.119. The first-order chi connectivity index (χ1) is 11.8. The standard InChI is InChI=1S/C17H18N4OS2/c1-23-10-6-15(21-8-2-3-9-21)16(22)20-17-19-14(12-24-17)13-5-4-7-18-11-13/h2-5,7-9,11-12,15H,6,10H2,1H3,(H,19,20,22)/t15-/m1/s1. The minimum Gasteiger partial charge on any atom is -0.342 e. The average molecular weight is 358 g/mol. The summed E-state index contributed by atoms with van der Waals surface area (Å²) < 4.78 is 1.95. The van der Waals surface area contributed by atoms with Crippen LogP contribution in [-0.4, -0.2) is 32.5 Å². The molecule has 0 bridgehead atoms. The van der Waals surface area contributed by atoms with Crippen molar-refractivity contribution in [1.29, 1.82) is 0 Å². The van der Waals surface area contributed by atoms with Crippen LogP contribution < -0.4 is 5.32 Å². The number of amides is 1. The molecule has 3 aromatic heterocycles. The number of thioether (sulfide) groups is 1. The molecule has 0 aromatic carbocycles. The number of pyridine rings is 1. The Balaban J connectivity index is 1.72. The first-order valence-electron chi connectivity index (χ1n) is 7.56. The molecule has 0 fully saturated rings. The first kappa shape index (κ1) is 16.7. The van der Waals surface area contributed by atoms with E-state index in [9.17, 15) is 4.79 Å². The quantitative estimate of drug-likeness (QED) is 0.695. The molecule has 3 aromatic rings. The summed E-state index contributed by atoms with van der Waals surface area (Å²) in [6.07, 6.45) is 10.2. The van der Waals surface area contributed by atoms with E-state index < -0.39 is 0 Å². The summed E-state index contributed by atoms with van der Waals surface area (Å²) in [4.78, 5) is 21.3. The molecule has 7 heteroatoms. The average Bonchev–Trinajstić information content (AvgIpc) is 3.28. The Labute approximate surface area is 149 Å². The predicted octanol–water partition coefficient (Wildman–Crippen LogP) is 3.94. The van der Waals surface area contributed by atoms with Crippen LogP contribution in [0, 0.1) is 0 Å². The van der Waals surface area contributed by atoms with E-state index in [2.05, 4.69) is 15.3 Å². The van der Waals surface area contributed by atoms with E-state index in [0.717, 1.165) is 23.4 Å². The Morgan fingerprint density at radius 2 is 2.21 bits per heavy atom. The largest absolute Gasteiger partial charge is 0.342 e. The Hall–Kier alpha value is -2.12. The molecule has 124 valence electrons. The summed E-state index contributed by atoms with van der Waals surface area (Å²) in [6.45, 7) is 0. The van der Waals surface area contributed by atoms with Gasteiger partial charge in [-0.15, -0.1) is 11.3 Å². The van der Waals surface area contributed by atoms with Crippen LogP contribution in [0.15, 0.2) is 54.4 Å². The van der Waals surface area contributed by atoms with Crippen molar-refractivity contribution >= 4 is 34.1 Å². The second-order valence-electron chi connectivity index (χ2n) is 5.20. The fourth-order valence-corrected chi connectivity index (χ4v) is 3.55. The Morgan fingerprint density at radius 1 is 1.38 bits per heavy atom. The van der Waals surface area contributed by atoms with E-state index in [-0.39, 0.29) is 11.9 Å². The predicted molar refractivity (Wildman–Crippen MR) is 100 cm³/mol. The van der Waals surface area contributed by atoms with Crippen molar-refractivity contribution in [3.8, 4) is 11.3 Å². The summed E-state index contributed by atoms with van der Waals surface area (Å²) in [7, 11) is 0. The van der Waals surface area contributed by atoms with Crippen molar-refractivity contribution in [3.05, 3.63) is 54.4 Å². The van der Waals surface area contributed by atoms with Crippen LogP contribution in [0.5, 0.6) is 0 Å². The lowest BCUT2D eigenvalue weighted by atomic mass is 10.2. The number of nitrogens with zero attached hydrogens (tertiary/aromatic N) is 3. The van der Waals surface area contributed by atoms with Crippen LogP contribution in [0.1, 0.15) is 12.5 Å². The summed E-state index contributed by atoms with van der Waals surface area (Å²) in [5, 5.41) is 5.49. The van der Waals surface area contributed by atoms with E-state index in [1.54, 1.807) is 24.2 Å². The highest BCUT2D eigenvalue weighted by Crippen LogP contribution is 2.25. The monoisotopic (exact) mass is 358 g/mol. The molecule has 1 amide bonds. The van der Waals surface area contributed by atoms with E-state index in [4.69, 9.17) is 0 Å². The second-order valence-corrected chi connectivity index (χ2v) is 7.04. The molecule has 24 heavy (non-hydrogen) atoms. The number of anilines is 1. The van der Waals surface area contributed by atoms with Gasteiger partial charge in [-0.1, -0.05) is 0 Å². The maximum atomic E-state index is 12.7. The van der Waals surface area contributed by atoms with Gasteiger partial charge in [-0.2, -0.15) is 11.8 Å². The highest BCUT2D eigenvalue weighted by atomic mass is 32.2. The van der Waals surface area contributed by atoms with Gasteiger partial charge in [0, 0.05) is 35.7 Å². The van der Waals surface area contributed by atoms with Crippen LogP contribution in [0.4, 0.5) is 5.13 Å². The minimum absolute atomic E-state index is 0.0349. The van der Waals surface area contributed by atoms with Gasteiger partial charge in [-0.25, -0.2) is 4.98 Å². The molecule has 0 aliphatic heterocycles. The third-order valence-electron chi connectivity index (χ3n) is 3.58. The van der Waals surface area contributed by atoms with Gasteiger partial charge < -0.3 is 9.88 Å². The lowest BCUT2D eigenvalue weighted by Gasteiger charge is -2.17.